The first-order chi connectivity index (χ1) is 15.0. The Hall–Kier alpha value is -2.68. The number of rotatable bonds is 5. The number of ether oxygens (including phenoxy) is 2. The number of aliphatic imine (C=N–C) groups is 1. The number of nitrogens with one attached hydrogen (secondary N) is 1. The van der Waals surface area contributed by atoms with Crippen molar-refractivity contribution in [2.75, 3.05) is 13.3 Å². The maximum atomic E-state index is 13.6. The maximum Gasteiger partial charge on any atom is 0.434 e. The Morgan fingerprint density at radius 3 is 2.12 bits per heavy atom. The summed E-state index contributed by atoms with van der Waals surface area (Å²) in [5, 5.41) is 7.79. The third kappa shape index (κ3) is 6.01. The summed E-state index contributed by atoms with van der Waals surface area (Å²) in [7, 11) is 0. The average Bonchev–Trinajstić information content (AvgIpc) is 2.65. The van der Waals surface area contributed by atoms with E-state index in [-0.39, 0.29) is 18.7 Å². The van der Waals surface area contributed by atoms with Crippen molar-refractivity contribution in [3.8, 4) is 0 Å². The molecule has 0 saturated carbocycles. The van der Waals surface area contributed by atoms with E-state index in [0.29, 0.717) is 6.07 Å². The zero-order valence-electron chi connectivity index (χ0n) is 16.8. The Morgan fingerprint density at radius 2 is 1.67 bits per heavy atom. The van der Waals surface area contributed by atoms with Gasteiger partial charge in [0.1, 0.15) is 11.9 Å². The molecule has 15 heteroatoms. The number of benzene rings is 1. The number of hydrogen-bond donors (Lipinski definition) is 1. The molecule has 0 saturated heterocycles. The van der Waals surface area contributed by atoms with E-state index >= 15 is 0 Å². The number of esters is 1. The van der Waals surface area contributed by atoms with Gasteiger partial charge in [0.15, 0.2) is 18.7 Å². The lowest BCUT2D eigenvalue weighted by Gasteiger charge is -2.40. The van der Waals surface area contributed by atoms with Crippen LogP contribution in [-0.4, -0.2) is 48.0 Å². The van der Waals surface area contributed by atoms with E-state index in [1.807, 2.05) is 0 Å². The van der Waals surface area contributed by atoms with Crippen molar-refractivity contribution in [2.45, 2.75) is 44.8 Å². The van der Waals surface area contributed by atoms with Gasteiger partial charge in [-0.2, -0.15) is 39.5 Å². The van der Waals surface area contributed by atoms with Crippen LogP contribution in [0, 0.1) is 5.41 Å². The van der Waals surface area contributed by atoms with Gasteiger partial charge in [-0.05, 0) is 12.1 Å². The van der Waals surface area contributed by atoms with E-state index in [9.17, 15) is 44.3 Å². The fourth-order valence-corrected chi connectivity index (χ4v) is 3.05. The van der Waals surface area contributed by atoms with Crippen LogP contribution in [0.1, 0.15) is 36.7 Å². The molecule has 2 atom stereocenters. The van der Waals surface area contributed by atoms with E-state index in [2.05, 4.69) is 9.73 Å². The Kier molecular flexibility index (Phi) is 7.48. The van der Waals surface area contributed by atoms with Gasteiger partial charge in [0.25, 0.3) is 0 Å². The van der Waals surface area contributed by atoms with Gasteiger partial charge >= 0.3 is 24.5 Å². The molecule has 1 heterocycles. The molecule has 1 aliphatic rings. The van der Waals surface area contributed by atoms with Gasteiger partial charge in [-0.1, -0.05) is 13.0 Å². The number of hydrogen-bond acceptors (Lipinski definition) is 6. The van der Waals surface area contributed by atoms with Gasteiger partial charge in [-0.15, -0.1) is 0 Å². The van der Waals surface area contributed by atoms with Crippen molar-refractivity contribution in [1.82, 2.24) is 4.90 Å². The molecule has 0 aliphatic carbocycles. The normalized spacial score (nSPS) is 20.6. The Bertz CT molecular complexity index is 939. The summed E-state index contributed by atoms with van der Waals surface area (Å²) in [6.45, 7) is 0.991. The van der Waals surface area contributed by atoms with Crippen LogP contribution < -0.4 is 0 Å². The smallest absolute Gasteiger partial charge is 0.434 e. The van der Waals surface area contributed by atoms with Crippen LogP contribution in [0.15, 0.2) is 23.2 Å². The van der Waals surface area contributed by atoms with Crippen LogP contribution in [0.5, 0.6) is 0 Å². The number of nitrogens with zero attached hydrogens (tertiary/aromatic N) is 2. The second-order valence-electron chi connectivity index (χ2n) is 6.66. The summed E-state index contributed by atoms with van der Waals surface area (Å²) in [6, 6.07) is 0.449. The molecular weight excluding hydrogens is 477 g/mol. The fourth-order valence-electron chi connectivity index (χ4n) is 3.05. The van der Waals surface area contributed by atoms with E-state index in [0.717, 1.165) is 11.8 Å². The van der Waals surface area contributed by atoms with Crippen LogP contribution in [0.25, 0.3) is 0 Å². The first-order valence-electron chi connectivity index (χ1n) is 9.01. The lowest BCUT2D eigenvalue weighted by Crippen LogP contribution is -2.54. The van der Waals surface area contributed by atoms with Crippen molar-refractivity contribution in [2.24, 2.45) is 4.99 Å². The molecule has 6 nitrogen and oxygen atoms in total. The molecule has 0 radical (unpaired) electrons. The number of carbonyl (C=O) groups excluding carboxylic acids is 1. The topological polar surface area (TPSA) is 75.0 Å². The highest BCUT2D eigenvalue weighted by molar-refractivity contribution is 6.45. The molecule has 2 unspecified atom stereocenters. The third-order valence-electron chi connectivity index (χ3n) is 4.45. The van der Waals surface area contributed by atoms with Gasteiger partial charge in [0.05, 0.1) is 11.1 Å². The average molecular weight is 493 g/mol. The molecule has 1 N–H and O–H groups in total. The molecule has 1 aromatic rings. The van der Waals surface area contributed by atoms with Crippen LogP contribution >= 0.6 is 0 Å². The third-order valence-corrected chi connectivity index (χ3v) is 4.45. The van der Waals surface area contributed by atoms with Crippen molar-refractivity contribution in [1.29, 1.82) is 5.41 Å². The summed E-state index contributed by atoms with van der Waals surface area (Å²) in [5.41, 5.74) is -7.66. The monoisotopic (exact) mass is 493 g/mol. The van der Waals surface area contributed by atoms with Crippen molar-refractivity contribution in [3.63, 3.8) is 0 Å². The van der Waals surface area contributed by atoms with Gasteiger partial charge in [0.2, 0.25) is 0 Å². The minimum atomic E-state index is -5.37. The molecule has 2 rings (SSSR count). The highest BCUT2D eigenvalue weighted by Gasteiger charge is 2.49. The molecular formula is C18H16F9N3O3. The second kappa shape index (κ2) is 9.29. The minimum absolute atomic E-state index is 0.222. The highest BCUT2D eigenvalue weighted by atomic mass is 19.4. The summed E-state index contributed by atoms with van der Waals surface area (Å²) >= 11 is 0. The van der Waals surface area contributed by atoms with Gasteiger partial charge in [0, 0.05) is 19.0 Å². The number of carbonyl (C=O) groups is 1. The van der Waals surface area contributed by atoms with Crippen LogP contribution in [-0.2, 0) is 26.6 Å². The molecule has 184 valence electrons. The van der Waals surface area contributed by atoms with Crippen molar-refractivity contribution >= 4 is 17.4 Å². The van der Waals surface area contributed by atoms with Gasteiger partial charge < -0.3 is 9.47 Å². The molecule has 0 fully saturated rings. The standard InChI is InChI=1S/C18H16F9N3O3/c1-3-30-14(10-5-4-9(16(19,20)21)6-11(10)17(22,23)24)29-13(18(25,26)27)12(28)15(30)33-7-32-8(2)31/h4-6,14-15,28H,3,7H2,1-2H3. The van der Waals surface area contributed by atoms with Crippen LogP contribution in [0.2, 0.25) is 0 Å². The highest BCUT2D eigenvalue weighted by Crippen LogP contribution is 2.42. The molecule has 0 spiro atoms. The van der Waals surface area contributed by atoms with Gasteiger partial charge in [-0.25, -0.2) is 4.90 Å². The van der Waals surface area contributed by atoms with E-state index in [4.69, 9.17) is 10.1 Å². The molecule has 0 bridgehead atoms. The molecule has 33 heavy (non-hydrogen) atoms. The van der Waals surface area contributed by atoms with Crippen LogP contribution in [0.4, 0.5) is 39.5 Å². The Balaban J connectivity index is 2.70. The fraction of sp³-hybridized carbons (Fsp3) is 0.500. The zero-order chi connectivity index (χ0) is 25.4. The minimum Gasteiger partial charge on any atom is -0.439 e. The Labute approximate surface area is 180 Å². The molecule has 1 aliphatic heterocycles. The SMILES string of the molecule is CCN1C(OCOC(C)=O)C(=N)C(C(F)(F)F)=NC1c1ccc(C(F)(F)F)cc1C(F)(F)F. The Morgan fingerprint density at radius 1 is 1.06 bits per heavy atom. The summed E-state index contributed by atoms with van der Waals surface area (Å²) in [6.07, 6.45) is -19.9. The second-order valence-corrected chi connectivity index (χ2v) is 6.66. The first kappa shape index (κ1) is 26.6. The molecule has 1 aromatic carbocycles. The maximum absolute atomic E-state index is 13.6. The predicted octanol–water partition coefficient (Wildman–Crippen LogP) is 4.94. The lowest BCUT2D eigenvalue weighted by atomic mass is 9.97. The predicted molar refractivity (Wildman–Crippen MR) is 94.3 cm³/mol. The zero-order valence-corrected chi connectivity index (χ0v) is 16.8. The molecule has 0 aromatic heterocycles. The first-order valence-corrected chi connectivity index (χ1v) is 9.01. The van der Waals surface area contributed by atoms with E-state index in [1.165, 1.54) is 6.92 Å². The summed E-state index contributed by atoms with van der Waals surface area (Å²) in [4.78, 5) is 14.9. The van der Waals surface area contributed by atoms with Crippen molar-refractivity contribution in [3.05, 3.63) is 34.9 Å². The summed E-state index contributed by atoms with van der Waals surface area (Å²) < 4.78 is 130. The number of halogens is 9. The quantitative estimate of drug-likeness (QED) is 0.358. The lowest BCUT2D eigenvalue weighted by molar-refractivity contribution is -0.165. The van der Waals surface area contributed by atoms with Crippen LogP contribution in [0.3, 0.4) is 0 Å². The summed E-state index contributed by atoms with van der Waals surface area (Å²) in [5.74, 6) is -0.885. The van der Waals surface area contributed by atoms with E-state index in [1.54, 1.807) is 0 Å². The largest absolute Gasteiger partial charge is 0.439 e. The number of alkyl halides is 9. The molecule has 0 amide bonds. The van der Waals surface area contributed by atoms with Crippen molar-refractivity contribution < 1.29 is 53.8 Å². The van der Waals surface area contributed by atoms with Gasteiger partial charge in [-0.3, -0.25) is 15.2 Å². The van der Waals surface area contributed by atoms with E-state index < -0.39 is 71.8 Å².